The fourth-order valence-corrected chi connectivity index (χ4v) is 1.18. The lowest BCUT2D eigenvalue weighted by Crippen LogP contribution is -2.37. The van der Waals surface area contributed by atoms with E-state index in [1.807, 2.05) is 0 Å². The highest BCUT2D eigenvalue weighted by Gasteiger charge is 2.15. The minimum atomic E-state index is -0.604. The SMILES string of the molecule is CC(=O)C(C)NC(=O)c1ccc(C)cc1F. The first-order chi connectivity index (χ1) is 7.41. The van der Waals surface area contributed by atoms with Crippen LogP contribution in [0.1, 0.15) is 29.8 Å². The minimum absolute atomic E-state index is 0.0429. The molecule has 0 aliphatic carbocycles. The van der Waals surface area contributed by atoms with Crippen molar-refractivity contribution in [1.29, 1.82) is 0 Å². The van der Waals surface area contributed by atoms with Gasteiger partial charge in [0.2, 0.25) is 0 Å². The predicted molar refractivity (Wildman–Crippen MR) is 58.7 cm³/mol. The number of halogens is 1. The zero-order chi connectivity index (χ0) is 12.3. The standard InChI is InChI=1S/C12H14FNO2/c1-7-4-5-10(11(13)6-7)12(16)14-8(2)9(3)15/h4-6,8H,1-3H3,(H,14,16). The average molecular weight is 223 g/mol. The number of ketones is 1. The molecule has 3 nitrogen and oxygen atoms in total. The molecule has 0 heterocycles. The van der Waals surface area contributed by atoms with E-state index in [9.17, 15) is 14.0 Å². The van der Waals surface area contributed by atoms with Crippen LogP contribution in [0.4, 0.5) is 4.39 Å². The predicted octanol–water partition coefficient (Wildman–Crippen LogP) is 1.84. The smallest absolute Gasteiger partial charge is 0.254 e. The second kappa shape index (κ2) is 4.88. The Balaban J connectivity index is 2.85. The van der Waals surface area contributed by atoms with E-state index in [0.29, 0.717) is 0 Å². The van der Waals surface area contributed by atoms with Crippen molar-refractivity contribution < 1.29 is 14.0 Å². The van der Waals surface area contributed by atoms with E-state index in [1.165, 1.54) is 19.1 Å². The van der Waals surface area contributed by atoms with Gasteiger partial charge in [-0.1, -0.05) is 6.07 Å². The van der Waals surface area contributed by atoms with E-state index in [1.54, 1.807) is 19.9 Å². The third-order valence-corrected chi connectivity index (χ3v) is 2.33. The van der Waals surface area contributed by atoms with Crippen LogP contribution in [0.25, 0.3) is 0 Å². The van der Waals surface area contributed by atoms with Gasteiger partial charge in [0, 0.05) is 0 Å². The highest BCUT2D eigenvalue weighted by Crippen LogP contribution is 2.09. The van der Waals surface area contributed by atoms with E-state index in [4.69, 9.17) is 0 Å². The van der Waals surface area contributed by atoms with Crippen LogP contribution in [0.3, 0.4) is 0 Å². The molecule has 16 heavy (non-hydrogen) atoms. The lowest BCUT2D eigenvalue weighted by Gasteiger charge is -2.11. The maximum atomic E-state index is 13.4. The van der Waals surface area contributed by atoms with Crippen LogP contribution in [0.5, 0.6) is 0 Å². The zero-order valence-electron chi connectivity index (χ0n) is 9.50. The van der Waals surface area contributed by atoms with E-state index < -0.39 is 17.8 Å². The third-order valence-electron chi connectivity index (χ3n) is 2.33. The van der Waals surface area contributed by atoms with Crippen molar-refractivity contribution in [2.45, 2.75) is 26.8 Å². The van der Waals surface area contributed by atoms with E-state index in [2.05, 4.69) is 5.32 Å². The number of carbonyl (C=O) groups is 2. The number of aryl methyl sites for hydroxylation is 1. The van der Waals surface area contributed by atoms with Gasteiger partial charge in [-0.15, -0.1) is 0 Å². The molecule has 1 N–H and O–H groups in total. The van der Waals surface area contributed by atoms with Crippen molar-refractivity contribution in [1.82, 2.24) is 5.32 Å². The lowest BCUT2D eigenvalue weighted by molar-refractivity contribution is -0.118. The summed E-state index contributed by atoms with van der Waals surface area (Å²) >= 11 is 0. The van der Waals surface area contributed by atoms with Crippen LogP contribution < -0.4 is 5.32 Å². The molecule has 0 spiro atoms. The molecule has 1 atom stereocenters. The van der Waals surface area contributed by atoms with Gasteiger partial charge in [0.1, 0.15) is 5.82 Å². The molecule has 0 saturated carbocycles. The van der Waals surface area contributed by atoms with Crippen molar-refractivity contribution in [3.8, 4) is 0 Å². The number of amides is 1. The number of benzene rings is 1. The molecule has 0 aliphatic heterocycles. The van der Waals surface area contributed by atoms with Crippen molar-refractivity contribution in [2.24, 2.45) is 0 Å². The topological polar surface area (TPSA) is 46.2 Å². The van der Waals surface area contributed by atoms with Gasteiger partial charge in [-0.05, 0) is 38.5 Å². The molecule has 1 unspecified atom stereocenters. The Hall–Kier alpha value is -1.71. The molecule has 1 rings (SSSR count). The van der Waals surface area contributed by atoms with Crippen LogP contribution in [0, 0.1) is 12.7 Å². The summed E-state index contributed by atoms with van der Waals surface area (Å²) in [6, 6.07) is 3.74. The van der Waals surface area contributed by atoms with Crippen LogP contribution in [0.15, 0.2) is 18.2 Å². The fourth-order valence-electron chi connectivity index (χ4n) is 1.18. The number of hydrogen-bond donors (Lipinski definition) is 1. The molecule has 1 aromatic carbocycles. The van der Waals surface area contributed by atoms with Gasteiger partial charge in [0.15, 0.2) is 5.78 Å². The number of rotatable bonds is 3. The Kier molecular flexibility index (Phi) is 3.77. The van der Waals surface area contributed by atoms with Gasteiger partial charge in [-0.3, -0.25) is 9.59 Å². The molecule has 0 radical (unpaired) electrons. The Labute approximate surface area is 93.7 Å². The summed E-state index contributed by atoms with van der Waals surface area (Å²) < 4.78 is 13.4. The molecule has 0 aliphatic rings. The van der Waals surface area contributed by atoms with Crippen LogP contribution >= 0.6 is 0 Å². The van der Waals surface area contributed by atoms with Crippen molar-refractivity contribution in [3.63, 3.8) is 0 Å². The largest absolute Gasteiger partial charge is 0.342 e. The molecule has 86 valence electrons. The van der Waals surface area contributed by atoms with E-state index in [0.717, 1.165) is 5.56 Å². The summed E-state index contributed by atoms with van der Waals surface area (Å²) in [7, 11) is 0. The summed E-state index contributed by atoms with van der Waals surface area (Å²) in [4.78, 5) is 22.5. The van der Waals surface area contributed by atoms with Gasteiger partial charge in [0.25, 0.3) is 5.91 Å². The Morgan fingerprint density at radius 3 is 2.50 bits per heavy atom. The van der Waals surface area contributed by atoms with E-state index >= 15 is 0 Å². The van der Waals surface area contributed by atoms with Gasteiger partial charge >= 0.3 is 0 Å². The van der Waals surface area contributed by atoms with Crippen LogP contribution in [0.2, 0.25) is 0 Å². The second-order valence-electron chi connectivity index (χ2n) is 3.79. The normalized spacial score (nSPS) is 12.0. The van der Waals surface area contributed by atoms with Gasteiger partial charge in [0.05, 0.1) is 11.6 Å². The van der Waals surface area contributed by atoms with Crippen LogP contribution in [-0.4, -0.2) is 17.7 Å². The molecule has 0 saturated heterocycles. The van der Waals surface area contributed by atoms with Crippen molar-refractivity contribution >= 4 is 11.7 Å². The second-order valence-corrected chi connectivity index (χ2v) is 3.79. The lowest BCUT2D eigenvalue weighted by atomic mass is 10.1. The average Bonchev–Trinajstić information content (AvgIpc) is 2.16. The summed E-state index contributed by atoms with van der Waals surface area (Å²) in [5.41, 5.74) is 0.701. The molecular formula is C12H14FNO2. The summed E-state index contributed by atoms with van der Waals surface area (Å²) in [5, 5.41) is 2.43. The first kappa shape index (κ1) is 12.4. The first-order valence-electron chi connectivity index (χ1n) is 4.99. The summed E-state index contributed by atoms with van der Waals surface area (Å²) in [5.74, 6) is -1.31. The maximum absolute atomic E-state index is 13.4. The Morgan fingerprint density at radius 2 is 2.00 bits per heavy atom. The van der Waals surface area contributed by atoms with Gasteiger partial charge < -0.3 is 5.32 Å². The molecular weight excluding hydrogens is 209 g/mol. The minimum Gasteiger partial charge on any atom is -0.342 e. The molecule has 0 fully saturated rings. The van der Waals surface area contributed by atoms with Crippen LogP contribution in [-0.2, 0) is 4.79 Å². The summed E-state index contributed by atoms with van der Waals surface area (Å²) in [6.45, 7) is 4.67. The van der Waals surface area contributed by atoms with Crippen molar-refractivity contribution in [2.75, 3.05) is 0 Å². The highest BCUT2D eigenvalue weighted by atomic mass is 19.1. The molecule has 1 amide bonds. The molecule has 0 bridgehead atoms. The number of carbonyl (C=O) groups excluding carboxylic acids is 2. The third kappa shape index (κ3) is 2.89. The number of nitrogens with one attached hydrogen (secondary N) is 1. The monoisotopic (exact) mass is 223 g/mol. The van der Waals surface area contributed by atoms with Crippen molar-refractivity contribution in [3.05, 3.63) is 35.1 Å². The van der Waals surface area contributed by atoms with E-state index in [-0.39, 0.29) is 11.3 Å². The molecule has 0 aromatic heterocycles. The first-order valence-corrected chi connectivity index (χ1v) is 4.99. The van der Waals surface area contributed by atoms with Gasteiger partial charge in [-0.25, -0.2) is 4.39 Å². The highest BCUT2D eigenvalue weighted by molar-refractivity contribution is 5.97. The Bertz CT molecular complexity index is 429. The quantitative estimate of drug-likeness (QED) is 0.849. The molecule has 4 heteroatoms. The number of hydrogen-bond acceptors (Lipinski definition) is 2. The zero-order valence-corrected chi connectivity index (χ0v) is 9.50. The Morgan fingerprint density at radius 1 is 1.38 bits per heavy atom. The van der Waals surface area contributed by atoms with Gasteiger partial charge in [-0.2, -0.15) is 0 Å². The maximum Gasteiger partial charge on any atom is 0.254 e. The fraction of sp³-hybridized carbons (Fsp3) is 0.333. The summed E-state index contributed by atoms with van der Waals surface area (Å²) in [6.07, 6.45) is 0. The number of Topliss-reactive ketones (excluding diaryl/α,β-unsaturated/α-hetero) is 1. The molecule has 1 aromatic rings.